The second-order valence-corrected chi connectivity index (χ2v) is 4.39. The van der Waals surface area contributed by atoms with Crippen molar-refractivity contribution in [2.75, 3.05) is 48.3 Å². The number of aliphatic hydroxyl groups is 1. The molecule has 1 atom stereocenters. The van der Waals surface area contributed by atoms with Gasteiger partial charge in [-0.3, -0.25) is 0 Å². The molecule has 0 heterocycles. The number of hydrogen-bond donors (Lipinski definition) is 1. The summed E-state index contributed by atoms with van der Waals surface area (Å²) in [6.45, 7) is 1.55. The molecule has 0 fully saturated rings. The van der Waals surface area contributed by atoms with Gasteiger partial charge in [0.1, 0.15) is 12.6 Å². The summed E-state index contributed by atoms with van der Waals surface area (Å²) >= 11 is 0. The fourth-order valence-electron chi connectivity index (χ4n) is 1.11. The van der Waals surface area contributed by atoms with Gasteiger partial charge in [0.25, 0.3) is 0 Å². The van der Waals surface area contributed by atoms with Crippen LogP contribution in [0.3, 0.4) is 0 Å². The molecule has 0 saturated heterocycles. The predicted octanol–water partition coefficient (Wildman–Crippen LogP) is -0.385. The SMILES string of the molecule is CN(C)C[C@H](O)C[N+](C)(C)C. The summed E-state index contributed by atoms with van der Waals surface area (Å²) in [4.78, 5) is 2.00. The lowest BCUT2D eigenvalue weighted by atomic mass is 10.3. The van der Waals surface area contributed by atoms with Gasteiger partial charge in [-0.25, -0.2) is 0 Å². The fourth-order valence-corrected chi connectivity index (χ4v) is 1.11. The molecule has 0 aromatic heterocycles. The molecule has 0 rings (SSSR count). The largest absolute Gasteiger partial charge is 0.386 e. The Labute approximate surface area is 69.8 Å². The van der Waals surface area contributed by atoms with Gasteiger partial charge >= 0.3 is 0 Å². The average Bonchev–Trinajstić information content (AvgIpc) is 1.53. The summed E-state index contributed by atoms with van der Waals surface area (Å²) in [5.74, 6) is 0. The lowest BCUT2D eigenvalue weighted by Crippen LogP contribution is -2.44. The third-order valence-electron chi connectivity index (χ3n) is 1.33. The lowest BCUT2D eigenvalue weighted by molar-refractivity contribution is -0.873. The molecule has 0 aliphatic heterocycles. The van der Waals surface area contributed by atoms with Gasteiger partial charge in [-0.05, 0) is 14.1 Å². The summed E-state index contributed by atoms with van der Waals surface area (Å²) in [6.07, 6.45) is -0.218. The maximum absolute atomic E-state index is 9.50. The first-order valence-corrected chi connectivity index (χ1v) is 3.94. The molecular weight excluding hydrogens is 140 g/mol. The van der Waals surface area contributed by atoms with E-state index in [2.05, 4.69) is 21.1 Å². The van der Waals surface area contributed by atoms with Crippen LogP contribution in [0.2, 0.25) is 0 Å². The summed E-state index contributed by atoms with van der Waals surface area (Å²) in [7, 11) is 10.2. The van der Waals surface area contributed by atoms with Crippen molar-refractivity contribution in [2.45, 2.75) is 6.10 Å². The average molecular weight is 161 g/mol. The highest BCUT2D eigenvalue weighted by Gasteiger charge is 2.15. The van der Waals surface area contributed by atoms with Gasteiger partial charge in [-0.2, -0.15) is 0 Å². The first-order chi connectivity index (χ1) is 4.81. The normalized spacial score (nSPS) is 15.5. The third-order valence-corrected chi connectivity index (χ3v) is 1.33. The van der Waals surface area contributed by atoms with E-state index < -0.39 is 0 Å². The number of aliphatic hydroxyl groups excluding tert-OH is 1. The molecule has 0 aromatic carbocycles. The molecule has 68 valence electrons. The fraction of sp³-hybridized carbons (Fsp3) is 1.00. The summed E-state index contributed by atoms with van der Waals surface area (Å²) in [6, 6.07) is 0. The molecule has 0 saturated carbocycles. The van der Waals surface area contributed by atoms with E-state index in [1.165, 1.54) is 0 Å². The molecule has 0 aromatic rings. The zero-order valence-corrected chi connectivity index (χ0v) is 8.33. The van der Waals surface area contributed by atoms with Gasteiger partial charge in [-0.1, -0.05) is 0 Å². The molecule has 0 spiro atoms. The van der Waals surface area contributed by atoms with E-state index in [0.29, 0.717) is 0 Å². The van der Waals surface area contributed by atoms with Crippen LogP contribution < -0.4 is 0 Å². The van der Waals surface area contributed by atoms with Crippen molar-refractivity contribution in [3.05, 3.63) is 0 Å². The molecule has 11 heavy (non-hydrogen) atoms. The molecule has 0 aliphatic carbocycles. The van der Waals surface area contributed by atoms with Gasteiger partial charge < -0.3 is 14.5 Å². The molecule has 0 unspecified atom stereocenters. The van der Waals surface area contributed by atoms with Crippen molar-refractivity contribution < 1.29 is 9.59 Å². The van der Waals surface area contributed by atoms with Crippen LogP contribution in [0.1, 0.15) is 0 Å². The third kappa shape index (κ3) is 7.78. The van der Waals surface area contributed by atoms with E-state index in [1.807, 2.05) is 19.0 Å². The molecular formula is C8H21N2O+. The smallest absolute Gasteiger partial charge is 0.115 e. The first-order valence-electron chi connectivity index (χ1n) is 3.94. The van der Waals surface area contributed by atoms with Gasteiger partial charge in [0.2, 0.25) is 0 Å². The van der Waals surface area contributed by atoms with Crippen molar-refractivity contribution in [3.63, 3.8) is 0 Å². The second kappa shape index (κ2) is 4.04. The maximum Gasteiger partial charge on any atom is 0.115 e. The van der Waals surface area contributed by atoms with Crippen molar-refractivity contribution in [1.82, 2.24) is 4.90 Å². The number of rotatable bonds is 4. The second-order valence-electron chi connectivity index (χ2n) is 4.39. The van der Waals surface area contributed by atoms with Gasteiger partial charge in [0, 0.05) is 6.54 Å². The van der Waals surface area contributed by atoms with Crippen molar-refractivity contribution in [3.8, 4) is 0 Å². The minimum atomic E-state index is -0.218. The van der Waals surface area contributed by atoms with Crippen LogP contribution >= 0.6 is 0 Å². The summed E-state index contributed by atoms with van der Waals surface area (Å²) < 4.78 is 0.814. The molecule has 3 heteroatoms. The number of quaternary nitrogens is 1. The Morgan fingerprint density at radius 3 is 2.00 bits per heavy atom. The minimum absolute atomic E-state index is 0.218. The van der Waals surface area contributed by atoms with Crippen molar-refractivity contribution >= 4 is 0 Å². The maximum atomic E-state index is 9.50. The van der Waals surface area contributed by atoms with Crippen LogP contribution in [-0.2, 0) is 0 Å². The highest BCUT2D eigenvalue weighted by Crippen LogP contribution is 1.95. The molecule has 0 bridgehead atoms. The molecule has 0 aliphatic rings. The van der Waals surface area contributed by atoms with E-state index in [-0.39, 0.29) is 6.10 Å². The van der Waals surface area contributed by atoms with Gasteiger partial charge in [0.15, 0.2) is 0 Å². The van der Waals surface area contributed by atoms with Crippen LogP contribution in [0.4, 0.5) is 0 Å². The van der Waals surface area contributed by atoms with Crippen LogP contribution in [0.5, 0.6) is 0 Å². The molecule has 1 N–H and O–H groups in total. The highest BCUT2D eigenvalue weighted by atomic mass is 16.3. The lowest BCUT2D eigenvalue weighted by Gasteiger charge is -2.27. The Morgan fingerprint density at radius 1 is 1.27 bits per heavy atom. The number of nitrogens with zero attached hydrogens (tertiary/aromatic N) is 2. The number of likely N-dealkylation sites (N-methyl/N-ethyl adjacent to an activating group) is 2. The molecule has 3 nitrogen and oxygen atoms in total. The quantitative estimate of drug-likeness (QED) is 0.568. The van der Waals surface area contributed by atoms with Crippen LogP contribution in [0.15, 0.2) is 0 Å². The zero-order valence-electron chi connectivity index (χ0n) is 8.33. The van der Waals surface area contributed by atoms with E-state index in [0.717, 1.165) is 17.6 Å². The Kier molecular flexibility index (Phi) is 4.00. The first kappa shape index (κ1) is 10.9. The van der Waals surface area contributed by atoms with E-state index in [4.69, 9.17) is 0 Å². The van der Waals surface area contributed by atoms with E-state index >= 15 is 0 Å². The Morgan fingerprint density at radius 2 is 1.73 bits per heavy atom. The summed E-state index contributed by atoms with van der Waals surface area (Å²) in [5, 5.41) is 9.50. The van der Waals surface area contributed by atoms with Gasteiger partial charge in [0.05, 0.1) is 21.1 Å². The number of hydrogen-bond acceptors (Lipinski definition) is 2. The van der Waals surface area contributed by atoms with Crippen molar-refractivity contribution in [1.29, 1.82) is 0 Å². The van der Waals surface area contributed by atoms with Crippen molar-refractivity contribution in [2.24, 2.45) is 0 Å². The Hall–Kier alpha value is -0.120. The predicted molar refractivity (Wildman–Crippen MR) is 47.5 cm³/mol. The highest BCUT2D eigenvalue weighted by molar-refractivity contribution is 4.56. The zero-order chi connectivity index (χ0) is 9.07. The Bertz CT molecular complexity index is 107. The molecule has 0 amide bonds. The van der Waals surface area contributed by atoms with E-state index in [9.17, 15) is 5.11 Å². The summed E-state index contributed by atoms with van der Waals surface area (Å²) in [5.41, 5.74) is 0. The Balaban J connectivity index is 3.61. The van der Waals surface area contributed by atoms with Crippen LogP contribution in [-0.4, -0.2) is 68.9 Å². The monoisotopic (exact) mass is 161 g/mol. The van der Waals surface area contributed by atoms with Crippen LogP contribution in [0.25, 0.3) is 0 Å². The standard InChI is InChI=1S/C8H21N2O/c1-9(2)6-8(11)7-10(3,4)5/h8,11H,6-7H2,1-5H3/q+1/t8-/m0/s1. The van der Waals surface area contributed by atoms with E-state index in [1.54, 1.807) is 0 Å². The van der Waals surface area contributed by atoms with Crippen LogP contribution in [0, 0.1) is 0 Å². The minimum Gasteiger partial charge on any atom is -0.386 e. The topological polar surface area (TPSA) is 23.5 Å². The molecule has 0 radical (unpaired) electrons. The van der Waals surface area contributed by atoms with Gasteiger partial charge in [-0.15, -0.1) is 0 Å².